The first-order chi connectivity index (χ1) is 7.93. The number of hydrogen-bond acceptors (Lipinski definition) is 3. The molecule has 1 atom stereocenters. The Balaban J connectivity index is 2.62. The molecular formula is C14H18O2S. The average molecular weight is 250 g/mol. The Hall–Kier alpha value is -1.09. The van der Waals surface area contributed by atoms with E-state index in [1.165, 1.54) is 0 Å². The van der Waals surface area contributed by atoms with E-state index in [-0.39, 0.29) is 10.4 Å². The van der Waals surface area contributed by atoms with Crippen LogP contribution in [0, 0.1) is 5.41 Å². The summed E-state index contributed by atoms with van der Waals surface area (Å²) < 4.78 is 0. The number of hydrogen-bond donors (Lipinski definition) is 0. The topological polar surface area (TPSA) is 34.1 Å². The minimum Gasteiger partial charge on any atom is -0.302 e. The van der Waals surface area contributed by atoms with E-state index in [2.05, 4.69) is 0 Å². The summed E-state index contributed by atoms with van der Waals surface area (Å²) in [7, 11) is 0. The van der Waals surface area contributed by atoms with Crippen molar-refractivity contribution in [3.63, 3.8) is 0 Å². The van der Waals surface area contributed by atoms with E-state index >= 15 is 0 Å². The van der Waals surface area contributed by atoms with Gasteiger partial charge in [-0.05, 0) is 12.0 Å². The Labute approximate surface area is 107 Å². The lowest BCUT2D eigenvalue weighted by Gasteiger charge is -2.18. The Kier molecular flexibility index (Phi) is 4.94. The minimum absolute atomic E-state index is 0.0607. The van der Waals surface area contributed by atoms with E-state index in [9.17, 15) is 9.59 Å². The van der Waals surface area contributed by atoms with Crippen molar-refractivity contribution in [2.24, 2.45) is 5.41 Å². The van der Waals surface area contributed by atoms with Crippen LogP contribution in [0.4, 0.5) is 0 Å². The highest BCUT2D eigenvalue weighted by atomic mass is 32.2. The molecule has 0 heterocycles. The van der Waals surface area contributed by atoms with Crippen LogP contribution in [-0.4, -0.2) is 16.7 Å². The minimum atomic E-state index is -0.400. The molecule has 0 amide bonds. The SMILES string of the molecule is CC(C)(C)C(=O)SC(C=O)Cc1ccccc1. The van der Waals surface area contributed by atoms with Crippen LogP contribution >= 0.6 is 11.8 Å². The first-order valence-electron chi connectivity index (χ1n) is 5.64. The first kappa shape index (κ1) is 14.0. The molecule has 0 radical (unpaired) electrons. The normalized spacial score (nSPS) is 13.1. The van der Waals surface area contributed by atoms with Gasteiger partial charge in [0.05, 0.1) is 5.25 Å². The second-order valence-corrected chi connectivity index (χ2v) is 6.23. The molecule has 0 aromatic heterocycles. The van der Waals surface area contributed by atoms with E-state index in [0.717, 1.165) is 23.6 Å². The van der Waals surface area contributed by atoms with Gasteiger partial charge in [0.15, 0.2) is 5.12 Å². The maximum absolute atomic E-state index is 11.8. The van der Waals surface area contributed by atoms with Crippen molar-refractivity contribution in [1.29, 1.82) is 0 Å². The van der Waals surface area contributed by atoms with Gasteiger partial charge in [-0.25, -0.2) is 0 Å². The molecule has 0 saturated heterocycles. The number of benzene rings is 1. The van der Waals surface area contributed by atoms with Crippen LogP contribution in [0.25, 0.3) is 0 Å². The molecule has 1 unspecified atom stereocenters. The first-order valence-corrected chi connectivity index (χ1v) is 6.52. The Bertz CT molecular complexity index is 379. The van der Waals surface area contributed by atoms with Crippen molar-refractivity contribution >= 4 is 23.2 Å². The maximum Gasteiger partial charge on any atom is 0.194 e. The number of rotatable bonds is 4. The largest absolute Gasteiger partial charge is 0.302 e. The maximum atomic E-state index is 11.8. The molecule has 1 rings (SSSR count). The molecule has 0 aliphatic heterocycles. The van der Waals surface area contributed by atoms with Gasteiger partial charge in [-0.15, -0.1) is 0 Å². The fourth-order valence-electron chi connectivity index (χ4n) is 1.28. The highest BCUT2D eigenvalue weighted by Gasteiger charge is 2.25. The molecule has 0 aliphatic carbocycles. The Morgan fingerprint density at radius 2 is 1.88 bits per heavy atom. The van der Waals surface area contributed by atoms with Crippen LogP contribution in [0.1, 0.15) is 26.3 Å². The molecule has 0 bridgehead atoms. The molecule has 1 aromatic carbocycles. The summed E-state index contributed by atoms with van der Waals surface area (Å²) in [5, 5.41) is -0.227. The smallest absolute Gasteiger partial charge is 0.194 e. The predicted molar refractivity (Wildman–Crippen MR) is 72.1 cm³/mol. The summed E-state index contributed by atoms with van der Waals surface area (Å²) in [5.74, 6) is 0. The summed E-state index contributed by atoms with van der Waals surface area (Å²) in [4.78, 5) is 22.8. The van der Waals surface area contributed by atoms with Gasteiger partial charge in [-0.1, -0.05) is 62.9 Å². The third kappa shape index (κ3) is 4.73. The van der Waals surface area contributed by atoms with Gasteiger partial charge in [-0.2, -0.15) is 0 Å². The molecule has 0 aliphatic rings. The van der Waals surface area contributed by atoms with Crippen molar-refractivity contribution in [2.75, 3.05) is 0 Å². The van der Waals surface area contributed by atoms with Gasteiger partial charge in [0, 0.05) is 5.41 Å². The van der Waals surface area contributed by atoms with Crippen molar-refractivity contribution in [2.45, 2.75) is 32.4 Å². The van der Waals surface area contributed by atoms with Crippen molar-refractivity contribution in [1.82, 2.24) is 0 Å². The predicted octanol–water partition coefficient (Wildman–Crippen LogP) is 3.10. The zero-order chi connectivity index (χ0) is 12.9. The van der Waals surface area contributed by atoms with E-state index in [0.29, 0.717) is 6.42 Å². The van der Waals surface area contributed by atoms with Crippen LogP contribution in [0.5, 0.6) is 0 Å². The highest BCUT2D eigenvalue weighted by Crippen LogP contribution is 2.26. The van der Waals surface area contributed by atoms with Gasteiger partial charge in [0.2, 0.25) is 0 Å². The van der Waals surface area contributed by atoms with Crippen LogP contribution in [0.2, 0.25) is 0 Å². The molecule has 0 spiro atoms. The molecule has 2 nitrogen and oxygen atoms in total. The number of aldehydes is 1. The number of carbonyl (C=O) groups excluding carboxylic acids is 2. The number of carbonyl (C=O) groups is 2. The molecule has 0 saturated carbocycles. The van der Waals surface area contributed by atoms with Crippen LogP contribution in [-0.2, 0) is 16.0 Å². The van der Waals surface area contributed by atoms with Crippen molar-refractivity contribution in [3.05, 3.63) is 35.9 Å². The lowest BCUT2D eigenvalue weighted by Crippen LogP contribution is -2.21. The monoisotopic (exact) mass is 250 g/mol. The summed E-state index contributed by atoms with van der Waals surface area (Å²) in [6.45, 7) is 5.60. The number of thioether (sulfide) groups is 1. The van der Waals surface area contributed by atoms with E-state index in [1.54, 1.807) is 0 Å². The van der Waals surface area contributed by atoms with Gasteiger partial charge < -0.3 is 4.79 Å². The fourth-order valence-corrected chi connectivity index (χ4v) is 2.24. The summed E-state index contributed by atoms with van der Waals surface area (Å²) in [5.41, 5.74) is 0.682. The summed E-state index contributed by atoms with van der Waals surface area (Å²) in [6, 6.07) is 9.75. The van der Waals surface area contributed by atoms with Crippen molar-refractivity contribution in [3.8, 4) is 0 Å². The third-order valence-electron chi connectivity index (χ3n) is 2.30. The van der Waals surface area contributed by atoms with Gasteiger partial charge in [0.1, 0.15) is 6.29 Å². The molecule has 3 heteroatoms. The zero-order valence-corrected chi connectivity index (χ0v) is 11.3. The standard InChI is InChI=1S/C14H18O2S/c1-14(2,3)13(16)17-12(10-15)9-11-7-5-4-6-8-11/h4-8,10,12H,9H2,1-3H3. The van der Waals surface area contributed by atoms with Gasteiger partial charge in [0.25, 0.3) is 0 Å². The lowest BCUT2D eigenvalue weighted by molar-refractivity contribution is -0.117. The van der Waals surface area contributed by atoms with Crippen molar-refractivity contribution < 1.29 is 9.59 Å². The molecule has 0 N–H and O–H groups in total. The molecule has 17 heavy (non-hydrogen) atoms. The second kappa shape index (κ2) is 6.01. The third-order valence-corrected chi connectivity index (χ3v) is 3.71. The molecular weight excluding hydrogens is 232 g/mol. The van der Waals surface area contributed by atoms with Gasteiger partial charge in [-0.3, -0.25) is 4.79 Å². The van der Waals surface area contributed by atoms with Crippen LogP contribution in [0.3, 0.4) is 0 Å². The van der Waals surface area contributed by atoms with E-state index < -0.39 is 5.41 Å². The molecule has 92 valence electrons. The van der Waals surface area contributed by atoms with Gasteiger partial charge >= 0.3 is 0 Å². The van der Waals surface area contributed by atoms with E-state index in [4.69, 9.17) is 0 Å². The highest BCUT2D eigenvalue weighted by molar-refractivity contribution is 8.14. The Morgan fingerprint density at radius 1 is 1.29 bits per heavy atom. The quantitative estimate of drug-likeness (QED) is 0.770. The molecule has 1 aromatic rings. The molecule has 0 fully saturated rings. The van der Waals surface area contributed by atoms with Crippen LogP contribution in [0.15, 0.2) is 30.3 Å². The van der Waals surface area contributed by atoms with E-state index in [1.807, 2.05) is 51.1 Å². The average Bonchev–Trinajstić information content (AvgIpc) is 2.28. The zero-order valence-electron chi connectivity index (χ0n) is 10.5. The summed E-state index contributed by atoms with van der Waals surface area (Å²) in [6.07, 6.45) is 1.47. The second-order valence-electron chi connectivity index (χ2n) is 5.02. The fraction of sp³-hybridized carbons (Fsp3) is 0.429. The Morgan fingerprint density at radius 3 is 2.35 bits per heavy atom. The lowest BCUT2D eigenvalue weighted by atomic mass is 10.00. The summed E-state index contributed by atoms with van der Waals surface area (Å²) >= 11 is 1.14. The van der Waals surface area contributed by atoms with Crippen LogP contribution < -0.4 is 0 Å².